The van der Waals surface area contributed by atoms with Crippen molar-refractivity contribution in [1.82, 2.24) is 5.32 Å². The van der Waals surface area contributed by atoms with E-state index in [-0.39, 0.29) is 30.5 Å². The summed E-state index contributed by atoms with van der Waals surface area (Å²) in [4.78, 5) is 12.2. The molecule has 124 valence electrons. The lowest BCUT2D eigenvalue weighted by Gasteiger charge is -2.28. The van der Waals surface area contributed by atoms with Gasteiger partial charge in [-0.05, 0) is 24.3 Å². The summed E-state index contributed by atoms with van der Waals surface area (Å²) >= 11 is 0. The van der Waals surface area contributed by atoms with Crippen LogP contribution in [0.15, 0.2) is 42.5 Å². The van der Waals surface area contributed by atoms with Gasteiger partial charge in [0.1, 0.15) is 5.75 Å². The predicted octanol–water partition coefficient (Wildman–Crippen LogP) is 3.03. The molecule has 1 fully saturated rings. The molecule has 1 saturated carbocycles. The maximum Gasteiger partial charge on any atom is 0.258 e. The lowest BCUT2D eigenvalue weighted by Crippen LogP contribution is -2.52. The SMILES string of the molecule is Cl.NCC1(NC(=O)COc2cccc3ccccc23)CCCC1. The Labute approximate surface area is 142 Å². The first-order chi connectivity index (χ1) is 10.7. The third-order valence-electron chi connectivity index (χ3n) is 4.46. The van der Waals surface area contributed by atoms with Crippen LogP contribution in [0.5, 0.6) is 5.75 Å². The Bertz CT molecular complexity index is 664. The summed E-state index contributed by atoms with van der Waals surface area (Å²) in [6.07, 6.45) is 4.18. The van der Waals surface area contributed by atoms with Gasteiger partial charge in [-0.25, -0.2) is 0 Å². The van der Waals surface area contributed by atoms with Crippen molar-refractivity contribution in [3.8, 4) is 5.75 Å². The van der Waals surface area contributed by atoms with Crippen molar-refractivity contribution in [3.05, 3.63) is 42.5 Å². The molecule has 0 unspecified atom stereocenters. The van der Waals surface area contributed by atoms with E-state index in [1.54, 1.807) is 0 Å². The van der Waals surface area contributed by atoms with Crippen LogP contribution in [-0.4, -0.2) is 24.6 Å². The number of hydrogen-bond acceptors (Lipinski definition) is 3. The fourth-order valence-electron chi connectivity index (χ4n) is 3.23. The number of benzene rings is 2. The van der Waals surface area contributed by atoms with E-state index in [9.17, 15) is 4.79 Å². The van der Waals surface area contributed by atoms with E-state index in [1.165, 1.54) is 0 Å². The van der Waals surface area contributed by atoms with Crippen LogP contribution in [-0.2, 0) is 4.79 Å². The lowest BCUT2D eigenvalue weighted by atomic mass is 9.98. The maximum atomic E-state index is 12.2. The lowest BCUT2D eigenvalue weighted by molar-refractivity contribution is -0.124. The van der Waals surface area contributed by atoms with E-state index in [1.807, 2.05) is 42.5 Å². The quantitative estimate of drug-likeness (QED) is 0.883. The molecule has 0 aliphatic heterocycles. The second-order valence-electron chi connectivity index (χ2n) is 6.01. The molecule has 2 aromatic carbocycles. The smallest absolute Gasteiger partial charge is 0.258 e. The molecule has 0 bridgehead atoms. The molecular formula is C18H23ClN2O2. The Morgan fingerprint density at radius 1 is 1.13 bits per heavy atom. The Balaban J connectivity index is 0.00000192. The van der Waals surface area contributed by atoms with Gasteiger partial charge in [0, 0.05) is 11.9 Å². The van der Waals surface area contributed by atoms with Crippen LogP contribution >= 0.6 is 12.4 Å². The van der Waals surface area contributed by atoms with Crippen molar-refractivity contribution < 1.29 is 9.53 Å². The van der Waals surface area contributed by atoms with Crippen molar-refractivity contribution in [3.63, 3.8) is 0 Å². The summed E-state index contributed by atoms with van der Waals surface area (Å²) in [7, 11) is 0. The standard InChI is InChI=1S/C18H22N2O2.ClH/c19-13-18(10-3-4-11-18)20-17(21)12-22-16-9-5-7-14-6-1-2-8-15(14)16;/h1-2,5-9H,3-4,10-13,19H2,(H,20,21);1H. The van der Waals surface area contributed by atoms with Crippen LogP contribution in [0, 0.1) is 0 Å². The molecule has 1 aliphatic rings. The number of carbonyl (C=O) groups excluding carboxylic acids is 1. The molecule has 0 atom stereocenters. The van der Waals surface area contributed by atoms with Crippen LogP contribution < -0.4 is 15.8 Å². The third kappa shape index (κ3) is 3.95. The van der Waals surface area contributed by atoms with Gasteiger partial charge in [0.15, 0.2) is 6.61 Å². The molecule has 0 spiro atoms. The van der Waals surface area contributed by atoms with Crippen LogP contribution in [0.25, 0.3) is 10.8 Å². The molecule has 23 heavy (non-hydrogen) atoms. The molecule has 0 saturated heterocycles. The number of fused-ring (bicyclic) bond motifs is 1. The predicted molar refractivity (Wildman–Crippen MR) is 95.1 cm³/mol. The number of halogens is 1. The zero-order valence-electron chi connectivity index (χ0n) is 13.1. The molecule has 2 aromatic rings. The third-order valence-corrected chi connectivity index (χ3v) is 4.46. The summed E-state index contributed by atoms with van der Waals surface area (Å²) in [5.74, 6) is 0.641. The van der Waals surface area contributed by atoms with Gasteiger partial charge in [0.2, 0.25) is 0 Å². The van der Waals surface area contributed by atoms with Crippen LogP contribution in [0.3, 0.4) is 0 Å². The second kappa shape index (κ2) is 7.66. The Hall–Kier alpha value is -1.78. The summed E-state index contributed by atoms with van der Waals surface area (Å²) in [6.45, 7) is 0.517. The molecule has 1 aliphatic carbocycles. The number of carbonyl (C=O) groups is 1. The molecule has 1 amide bonds. The van der Waals surface area contributed by atoms with Gasteiger partial charge in [-0.15, -0.1) is 12.4 Å². The number of rotatable bonds is 5. The minimum Gasteiger partial charge on any atom is -0.483 e. The fourth-order valence-corrected chi connectivity index (χ4v) is 3.23. The Morgan fingerprint density at radius 2 is 1.83 bits per heavy atom. The molecular weight excluding hydrogens is 312 g/mol. The van der Waals surface area contributed by atoms with Crippen molar-refractivity contribution in [1.29, 1.82) is 0 Å². The first-order valence-electron chi connectivity index (χ1n) is 7.84. The summed E-state index contributed by atoms with van der Waals surface area (Å²) in [6, 6.07) is 13.9. The highest BCUT2D eigenvalue weighted by molar-refractivity contribution is 5.88. The molecule has 0 radical (unpaired) electrons. The maximum absolute atomic E-state index is 12.2. The molecule has 0 aromatic heterocycles. The van der Waals surface area contributed by atoms with E-state index in [0.717, 1.165) is 42.2 Å². The number of ether oxygens (including phenoxy) is 1. The average Bonchev–Trinajstić information content (AvgIpc) is 3.02. The molecule has 0 heterocycles. The van der Waals surface area contributed by atoms with E-state index in [4.69, 9.17) is 10.5 Å². The van der Waals surface area contributed by atoms with Gasteiger partial charge in [-0.2, -0.15) is 0 Å². The van der Waals surface area contributed by atoms with E-state index in [0.29, 0.717) is 6.54 Å². The molecule has 4 nitrogen and oxygen atoms in total. The highest BCUT2D eigenvalue weighted by atomic mass is 35.5. The van der Waals surface area contributed by atoms with E-state index < -0.39 is 0 Å². The first-order valence-corrected chi connectivity index (χ1v) is 7.84. The zero-order valence-corrected chi connectivity index (χ0v) is 13.9. The zero-order chi connectivity index (χ0) is 15.4. The highest BCUT2D eigenvalue weighted by Crippen LogP contribution is 2.29. The van der Waals surface area contributed by atoms with Crippen molar-refractivity contribution in [2.75, 3.05) is 13.2 Å². The normalized spacial score (nSPS) is 15.9. The monoisotopic (exact) mass is 334 g/mol. The second-order valence-corrected chi connectivity index (χ2v) is 6.01. The highest BCUT2D eigenvalue weighted by Gasteiger charge is 2.33. The van der Waals surface area contributed by atoms with Crippen molar-refractivity contribution >= 4 is 29.1 Å². The summed E-state index contributed by atoms with van der Waals surface area (Å²) < 4.78 is 5.73. The van der Waals surface area contributed by atoms with Gasteiger partial charge in [0.05, 0.1) is 5.54 Å². The van der Waals surface area contributed by atoms with Crippen LogP contribution in [0.4, 0.5) is 0 Å². The first kappa shape index (κ1) is 17.6. The van der Waals surface area contributed by atoms with Gasteiger partial charge in [-0.3, -0.25) is 4.79 Å². The van der Waals surface area contributed by atoms with Crippen LogP contribution in [0.1, 0.15) is 25.7 Å². The van der Waals surface area contributed by atoms with Gasteiger partial charge >= 0.3 is 0 Å². The van der Waals surface area contributed by atoms with Crippen molar-refractivity contribution in [2.45, 2.75) is 31.2 Å². The Morgan fingerprint density at radius 3 is 2.57 bits per heavy atom. The largest absolute Gasteiger partial charge is 0.483 e. The van der Waals surface area contributed by atoms with Crippen LogP contribution in [0.2, 0.25) is 0 Å². The molecule has 3 N–H and O–H groups in total. The topological polar surface area (TPSA) is 64.3 Å². The number of nitrogens with two attached hydrogens (primary N) is 1. The van der Waals surface area contributed by atoms with Gasteiger partial charge in [-0.1, -0.05) is 49.2 Å². The Kier molecular flexibility index (Phi) is 5.85. The fraction of sp³-hybridized carbons (Fsp3) is 0.389. The van der Waals surface area contributed by atoms with Gasteiger partial charge in [0.25, 0.3) is 5.91 Å². The number of hydrogen-bond donors (Lipinski definition) is 2. The number of amides is 1. The summed E-state index contributed by atoms with van der Waals surface area (Å²) in [5.41, 5.74) is 5.62. The van der Waals surface area contributed by atoms with E-state index >= 15 is 0 Å². The summed E-state index contributed by atoms with van der Waals surface area (Å²) in [5, 5.41) is 5.20. The molecule has 5 heteroatoms. The van der Waals surface area contributed by atoms with Crippen molar-refractivity contribution in [2.24, 2.45) is 5.73 Å². The minimum atomic E-state index is -0.223. The molecule has 3 rings (SSSR count). The number of nitrogens with one attached hydrogen (secondary N) is 1. The van der Waals surface area contributed by atoms with E-state index in [2.05, 4.69) is 5.32 Å². The van der Waals surface area contributed by atoms with Gasteiger partial charge < -0.3 is 15.8 Å². The average molecular weight is 335 g/mol. The minimum absolute atomic E-state index is 0.